The van der Waals surface area contributed by atoms with Crippen molar-refractivity contribution in [1.29, 1.82) is 0 Å². The molecule has 0 spiro atoms. The SMILES string of the molecule is CCC(CC)N(CCCCCCl)CCOC. The molecule has 16 heavy (non-hydrogen) atoms. The zero-order valence-corrected chi connectivity index (χ0v) is 11.9. The Morgan fingerprint density at radius 1 is 1.06 bits per heavy atom. The Hall–Kier alpha value is 0.210. The summed E-state index contributed by atoms with van der Waals surface area (Å²) in [6.07, 6.45) is 6.11. The van der Waals surface area contributed by atoms with Gasteiger partial charge < -0.3 is 4.74 Å². The zero-order chi connectivity index (χ0) is 12.2. The van der Waals surface area contributed by atoms with Crippen molar-refractivity contribution in [3.05, 3.63) is 0 Å². The van der Waals surface area contributed by atoms with Crippen LogP contribution < -0.4 is 0 Å². The van der Waals surface area contributed by atoms with E-state index in [0.717, 1.165) is 25.5 Å². The van der Waals surface area contributed by atoms with E-state index in [1.807, 2.05) is 0 Å². The van der Waals surface area contributed by atoms with Gasteiger partial charge in [-0.1, -0.05) is 20.3 Å². The second kappa shape index (κ2) is 11.7. The van der Waals surface area contributed by atoms with Gasteiger partial charge in [-0.05, 0) is 32.2 Å². The van der Waals surface area contributed by atoms with Gasteiger partial charge in [0.1, 0.15) is 0 Å². The van der Waals surface area contributed by atoms with Crippen molar-refractivity contribution in [2.75, 3.05) is 32.7 Å². The Bertz CT molecular complexity index is 140. The molecule has 0 aromatic carbocycles. The fraction of sp³-hybridized carbons (Fsp3) is 1.00. The largest absolute Gasteiger partial charge is 0.383 e. The van der Waals surface area contributed by atoms with E-state index in [-0.39, 0.29) is 0 Å². The summed E-state index contributed by atoms with van der Waals surface area (Å²) >= 11 is 5.68. The van der Waals surface area contributed by atoms with E-state index in [9.17, 15) is 0 Å². The second-order valence-corrected chi connectivity index (χ2v) is 4.63. The van der Waals surface area contributed by atoms with Gasteiger partial charge in [-0.3, -0.25) is 4.90 Å². The van der Waals surface area contributed by atoms with Crippen LogP contribution in [0.25, 0.3) is 0 Å². The van der Waals surface area contributed by atoms with Crippen molar-refractivity contribution in [1.82, 2.24) is 4.90 Å². The van der Waals surface area contributed by atoms with E-state index in [1.54, 1.807) is 7.11 Å². The van der Waals surface area contributed by atoms with Crippen LogP contribution in [-0.2, 0) is 4.74 Å². The Labute approximate surface area is 106 Å². The highest BCUT2D eigenvalue weighted by Gasteiger charge is 2.13. The molecule has 0 bridgehead atoms. The van der Waals surface area contributed by atoms with E-state index in [4.69, 9.17) is 16.3 Å². The molecule has 0 aliphatic rings. The molecule has 0 N–H and O–H groups in total. The maximum atomic E-state index is 5.68. The first-order valence-corrected chi connectivity index (χ1v) is 7.12. The third-order valence-electron chi connectivity index (χ3n) is 3.12. The van der Waals surface area contributed by atoms with Gasteiger partial charge in [0, 0.05) is 25.6 Å². The molecule has 0 radical (unpaired) electrons. The second-order valence-electron chi connectivity index (χ2n) is 4.25. The minimum atomic E-state index is 0.714. The van der Waals surface area contributed by atoms with Crippen LogP contribution in [-0.4, -0.2) is 43.6 Å². The fourth-order valence-electron chi connectivity index (χ4n) is 2.08. The number of alkyl halides is 1. The summed E-state index contributed by atoms with van der Waals surface area (Å²) in [4.78, 5) is 2.57. The fourth-order valence-corrected chi connectivity index (χ4v) is 2.27. The van der Waals surface area contributed by atoms with Crippen LogP contribution in [0.15, 0.2) is 0 Å². The zero-order valence-electron chi connectivity index (χ0n) is 11.2. The molecule has 0 amide bonds. The quantitative estimate of drug-likeness (QED) is 0.410. The first-order valence-electron chi connectivity index (χ1n) is 6.59. The van der Waals surface area contributed by atoms with Crippen LogP contribution >= 0.6 is 11.6 Å². The number of methoxy groups -OCH3 is 1. The predicted octanol–water partition coefficient (Wildman–Crippen LogP) is 3.53. The lowest BCUT2D eigenvalue weighted by molar-refractivity contribution is 0.114. The average molecular weight is 250 g/mol. The van der Waals surface area contributed by atoms with E-state index in [1.165, 1.54) is 32.2 Å². The molecule has 0 rings (SSSR count). The summed E-state index contributed by atoms with van der Waals surface area (Å²) in [5.41, 5.74) is 0. The van der Waals surface area contributed by atoms with Gasteiger partial charge in [-0.2, -0.15) is 0 Å². The lowest BCUT2D eigenvalue weighted by Crippen LogP contribution is -2.37. The van der Waals surface area contributed by atoms with E-state index in [0.29, 0.717) is 6.04 Å². The minimum Gasteiger partial charge on any atom is -0.383 e. The molecule has 0 aromatic heterocycles. The Kier molecular flexibility index (Phi) is 11.8. The molecule has 0 aromatic rings. The standard InChI is InChI=1S/C13H28ClNO/c1-4-13(5-2)15(11-12-16-3)10-8-6-7-9-14/h13H,4-12H2,1-3H3. The van der Waals surface area contributed by atoms with Gasteiger partial charge in [-0.15, -0.1) is 11.6 Å². The van der Waals surface area contributed by atoms with Crippen LogP contribution in [0, 0.1) is 0 Å². The molecule has 0 saturated heterocycles. The van der Waals surface area contributed by atoms with Crippen molar-refractivity contribution in [2.45, 2.75) is 52.0 Å². The van der Waals surface area contributed by atoms with E-state index in [2.05, 4.69) is 18.7 Å². The highest BCUT2D eigenvalue weighted by atomic mass is 35.5. The number of unbranched alkanes of at least 4 members (excludes halogenated alkanes) is 2. The van der Waals surface area contributed by atoms with Crippen molar-refractivity contribution in [3.8, 4) is 0 Å². The molecular weight excluding hydrogens is 222 g/mol. The molecule has 0 heterocycles. The maximum absolute atomic E-state index is 5.68. The van der Waals surface area contributed by atoms with Crippen LogP contribution in [0.1, 0.15) is 46.0 Å². The van der Waals surface area contributed by atoms with Gasteiger partial charge in [-0.25, -0.2) is 0 Å². The van der Waals surface area contributed by atoms with E-state index < -0.39 is 0 Å². The molecule has 0 fully saturated rings. The number of ether oxygens (including phenoxy) is 1. The molecule has 0 saturated carbocycles. The minimum absolute atomic E-state index is 0.714. The van der Waals surface area contributed by atoms with Crippen molar-refractivity contribution >= 4 is 11.6 Å². The Morgan fingerprint density at radius 3 is 2.25 bits per heavy atom. The summed E-state index contributed by atoms with van der Waals surface area (Å²) < 4.78 is 5.18. The topological polar surface area (TPSA) is 12.5 Å². The number of hydrogen-bond acceptors (Lipinski definition) is 2. The van der Waals surface area contributed by atoms with Crippen LogP contribution in [0.5, 0.6) is 0 Å². The molecule has 0 aliphatic heterocycles. The van der Waals surface area contributed by atoms with E-state index >= 15 is 0 Å². The smallest absolute Gasteiger partial charge is 0.0589 e. The summed E-state index contributed by atoms with van der Waals surface area (Å²) in [7, 11) is 1.78. The maximum Gasteiger partial charge on any atom is 0.0589 e. The number of nitrogens with zero attached hydrogens (tertiary/aromatic N) is 1. The lowest BCUT2D eigenvalue weighted by Gasteiger charge is -2.30. The summed E-state index contributed by atoms with van der Waals surface area (Å²) in [6.45, 7) is 7.63. The number of rotatable bonds is 11. The number of hydrogen-bond donors (Lipinski definition) is 0. The molecule has 98 valence electrons. The summed E-state index contributed by atoms with van der Waals surface area (Å²) in [5, 5.41) is 0. The van der Waals surface area contributed by atoms with Gasteiger partial charge in [0.25, 0.3) is 0 Å². The Balaban J connectivity index is 3.88. The van der Waals surface area contributed by atoms with Gasteiger partial charge in [0.05, 0.1) is 6.61 Å². The molecule has 3 heteroatoms. The predicted molar refractivity (Wildman–Crippen MR) is 72.4 cm³/mol. The van der Waals surface area contributed by atoms with Crippen LogP contribution in [0.2, 0.25) is 0 Å². The monoisotopic (exact) mass is 249 g/mol. The molecule has 0 unspecified atom stereocenters. The Morgan fingerprint density at radius 2 is 1.75 bits per heavy atom. The van der Waals surface area contributed by atoms with Gasteiger partial charge >= 0.3 is 0 Å². The van der Waals surface area contributed by atoms with Gasteiger partial charge in [0.2, 0.25) is 0 Å². The van der Waals surface area contributed by atoms with Crippen molar-refractivity contribution in [2.24, 2.45) is 0 Å². The molecule has 2 nitrogen and oxygen atoms in total. The summed E-state index contributed by atoms with van der Waals surface area (Å²) in [5.74, 6) is 0.795. The van der Waals surface area contributed by atoms with Gasteiger partial charge in [0.15, 0.2) is 0 Å². The number of halogens is 1. The highest BCUT2D eigenvalue weighted by molar-refractivity contribution is 6.17. The lowest BCUT2D eigenvalue weighted by atomic mass is 10.1. The first-order chi connectivity index (χ1) is 7.79. The third kappa shape index (κ3) is 7.48. The first kappa shape index (κ1) is 16.2. The average Bonchev–Trinajstić information content (AvgIpc) is 2.31. The van der Waals surface area contributed by atoms with Crippen LogP contribution in [0.3, 0.4) is 0 Å². The highest BCUT2D eigenvalue weighted by Crippen LogP contribution is 2.10. The third-order valence-corrected chi connectivity index (χ3v) is 3.39. The molecular formula is C13H28ClNO. The summed E-state index contributed by atoms with van der Waals surface area (Å²) in [6, 6.07) is 0.714. The molecule has 0 atom stereocenters. The van der Waals surface area contributed by atoms with Crippen molar-refractivity contribution in [3.63, 3.8) is 0 Å². The molecule has 0 aliphatic carbocycles. The normalized spacial score (nSPS) is 11.6. The van der Waals surface area contributed by atoms with Crippen molar-refractivity contribution < 1.29 is 4.74 Å². The van der Waals surface area contributed by atoms with Crippen LogP contribution in [0.4, 0.5) is 0 Å².